The van der Waals surface area contributed by atoms with Crippen molar-refractivity contribution in [1.82, 2.24) is 5.32 Å². The van der Waals surface area contributed by atoms with Crippen molar-refractivity contribution in [3.8, 4) is 11.5 Å². The summed E-state index contributed by atoms with van der Waals surface area (Å²) in [4.78, 5) is 49.9. The lowest BCUT2D eigenvalue weighted by molar-refractivity contribution is -0.139. The zero-order valence-corrected chi connectivity index (χ0v) is 27.7. The molecule has 1 unspecified atom stereocenters. The van der Waals surface area contributed by atoms with Gasteiger partial charge in [0, 0.05) is 17.7 Å². The van der Waals surface area contributed by atoms with Crippen LogP contribution in [0.3, 0.4) is 0 Å². The second kappa shape index (κ2) is 18.1. The number of benzene rings is 4. The summed E-state index contributed by atoms with van der Waals surface area (Å²) in [7, 11) is 0. The number of aryl methyl sites for hydroxylation is 1. The number of carboxylic acids is 1. The molecule has 0 bridgehead atoms. The van der Waals surface area contributed by atoms with Crippen LogP contribution in [0.1, 0.15) is 76.4 Å². The Kier molecular flexibility index (Phi) is 13.5. The van der Waals surface area contributed by atoms with E-state index in [-0.39, 0.29) is 30.1 Å². The van der Waals surface area contributed by atoms with Crippen molar-refractivity contribution in [3.63, 3.8) is 0 Å². The Morgan fingerprint density at radius 2 is 1.45 bits per heavy atom. The molecule has 0 heterocycles. The molecule has 0 aliphatic heterocycles. The van der Waals surface area contributed by atoms with E-state index in [2.05, 4.69) is 17.6 Å². The first kappa shape index (κ1) is 36.3. The summed E-state index contributed by atoms with van der Waals surface area (Å²) in [6, 6.07) is 22.2. The number of carboxylic acid groups (broad SMARTS) is 1. The zero-order chi connectivity index (χ0) is 35.2. The molecule has 9 nitrogen and oxygen atoms in total. The number of anilines is 1. The number of halogens is 1. The van der Waals surface area contributed by atoms with E-state index in [4.69, 9.17) is 9.47 Å². The highest BCUT2D eigenvalue weighted by molar-refractivity contribution is 5.98. The summed E-state index contributed by atoms with van der Waals surface area (Å²) >= 11 is 0. The molecular weight excluding hydrogens is 627 g/mol. The van der Waals surface area contributed by atoms with Gasteiger partial charge in [0.25, 0.3) is 5.91 Å². The molecule has 4 aromatic carbocycles. The van der Waals surface area contributed by atoms with E-state index in [0.717, 1.165) is 18.4 Å². The highest BCUT2D eigenvalue weighted by Crippen LogP contribution is 2.19. The van der Waals surface area contributed by atoms with Crippen LogP contribution >= 0.6 is 0 Å². The van der Waals surface area contributed by atoms with Crippen LogP contribution in [-0.4, -0.2) is 41.5 Å². The summed E-state index contributed by atoms with van der Waals surface area (Å²) in [6.07, 6.45) is 5.70. The number of ether oxygens (including phenoxy) is 2. The van der Waals surface area contributed by atoms with Crippen molar-refractivity contribution in [2.45, 2.75) is 64.8 Å². The zero-order valence-electron chi connectivity index (χ0n) is 27.7. The lowest BCUT2D eigenvalue weighted by Crippen LogP contribution is -2.42. The Morgan fingerprint density at radius 1 is 0.796 bits per heavy atom. The van der Waals surface area contributed by atoms with Gasteiger partial charge < -0.3 is 25.2 Å². The van der Waals surface area contributed by atoms with Gasteiger partial charge in [-0.2, -0.15) is 0 Å². The van der Waals surface area contributed by atoms with E-state index >= 15 is 0 Å². The number of amides is 2. The van der Waals surface area contributed by atoms with Crippen molar-refractivity contribution in [1.29, 1.82) is 0 Å². The fraction of sp³-hybridized carbons (Fsp3) is 0.282. The highest BCUT2D eigenvalue weighted by Gasteiger charge is 2.22. The van der Waals surface area contributed by atoms with Crippen molar-refractivity contribution < 1.29 is 38.1 Å². The summed E-state index contributed by atoms with van der Waals surface area (Å²) in [5, 5.41) is 15.0. The van der Waals surface area contributed by atoms with Gasteiger partial charge in [0.1, 0.15) is 23.4 Å². The van der Waals surface area contributed by atoms with Gasteiger partial charge in [0.2, 0.25) is 5.91 Å². The average Bonchev–Trinajstić information content (AvgIpc) is 3.09. The van der Waals surface area contributed by atoms with E-state index in [1.54, 1.807) is 61.5 Å². The maximum absolute atomic E-state index is 13.6. The van der Waals surface area contributed by atoms with Crippen LogP contribution in [-0.2, 0) is 22.4 Å². The summed E-state index contributed by atoms with van der Waals surface area (Å²) in [5.74, 6) is -2.16. The van der Waals surface area contributed by atoms with E-state index in [9.17, 15) is 28.7 Å². The third kappa shape index (κ3) is 11.6. The molecule has 0 saturated heterocycles. The van der Waals surface area contributed by atoms with Crippen LogP contribution in [0.4, 0.5) is 10.1 Å². The fourth-order valence-corrected chi connectivity index (χ4v) is 5.03. The molecule has 0 radical (unpaired) electrons. The van der Waals surface area contributed by atoms with Gasteiger partial charge in [-0.05, 0) is 103 Å². The average molecular weight is 669 g/mol. The van der Waals surface area contributed by atoms with Crippen LogP contribution < -0.4 is 20.1 Å². The number of aliphatic carboxylic acids is 1. The Hall–Kier alpha value is -5.51. The van der Waals surface area contributed by atoms with Gasteiger partial charge >= 0.3 is 11.9 Å². The topological polar surface area (TPSA) is 131 Å². The number of esters is 1. The molecule has 0 fully saturated rings. The summed E-state index contributed by atoms with van der Waals surface area (Å²) < 4.78 is 24.8. The molecule has 4 aromatic rings. The molecule has 0 saturated carbocycles. The molecule has 0 aliphatic carbocycles. The third-order valence-electron chi connectivity index (χ3n) is 7.88. The lowest BCUT2D eigenvalue weighted by atomic mass is 10.0. The standard InChI is InChI=1S/C39H41FN2O7/c1-3-4-5-6-7-22-48-33-20-13-29(14-21-33)39(47)49-34-18-9-27(10-19-34)23-35(38(45)46)42-37(44)28-11-16-32(17-12-28)41-36(43)25-30-24-31(40)15-8-26(30)2/h8-21,24,35H,3-7,22-23,25H2,1-2H3,(H,41,43)(H,42,44)(H,45,46). The maximum atomic E-state index is 13.6. The molecule has 256 valence electrons. The normalized spacial score (nSPS) is 11.3. The lowest BCUT2D eigenvalue weighted by Gasteiger charge is -2.15. The van der Waals surface area contributed by atoms with E-state index < -0.39 is 29.7 Å². The van der Waals surface area contributed by atoms with Crippen LogP contribution in [0.15, 0.2) is 91.0 Å². The minimum Gasteiger partial charge on any atom is -0.494 e. The first-order valence-corrected chi connectivity index (χ1v) is 16.3. The molecule has 10 heteroatoms. The smallest absolute Gasteiger partial charge is 0.343 e. The van der Waals surface area contributed by atoms with Crippen LogP contribution in [0.5, 0.6) is 11.5 Å². The van der Waals surface area contributed by atoms with E-state index in [0.29, 0.717) is 34.7 Å². The molecule has 0 spiro atoms. The van der Waals surface area contributed by atoms with Gasteiger partial charge in [0.05, 0.1) is 18.6 Å². The van der Waals surface area contributed by atoms with E-state index in [1.165, 1.54) is 55.7 Å². The highest BCUT2D eigenvalue weighted by atomic mass is 19.1. The first-order chi connectivity index (χ1) is 23.6. The largest absolute Gasteiger partial charge is 0.494 e. The number of carbonyl (C=O) groups excluding carboxylic acids is 3. The summed E-state index contributed by atoms with van der Waals surface area (Å²) in [6.45, 7) is 4.60. The minimum atomic E-state index is -1.23. The quantitative estimate of drug-likeness (QED) is 0.0611. The number of nitrogens with one attached hydrogen (secondary N) is 2. The number of unbranched alkanes of at least 4 members (excludes halogenated alkanes) is 4. The molecule has 4 rings (SSSR count). The Balaban J connectivity index is 1.25. The molecule has 3 N–H and O–H groups in total. The Bertz CT molecular complexity index is 1720. The number of hydrogen-bond acceptors (Lipinski definition) is 6. The number of hydrogen-bond donors (Lipinski definition) is 3. The van der Waals surface area contributed by atoms with Crippen molar-refractivity contribution in [3.05, 3.63) is 125 Å². The van der Waals surface area contributed by atoms with Crippen molar-refractivity contribution in [2.24, 2.45) is 0 Å². The van der Waals surface area contributed by atoms with Gasteiger partial charge in [-0.25, -0.2) is 14.0 Å². The Morgan fingerprint density at radius 3 is 2.12 bits per heavy atom. The summed E-state index contributed by atoms with van der Waals surface area (Å²) in [5.41, 5.74) is 2.97. The SMILES string of the molecule is CCCCCCCOc1ccc(C(=O)Oc2ccc(CC(NC(=O)c3ccc(NC(=O)Cc4cc(F)ccc4C)cc3)C(=O)O)cc2)cc1. The van der Waals surface area contributed by atoms with Crippen LogP contribution in [0, 0.1) is 12.7 Å². The molecule has 1 atom stereocenters. The minimum absolute atomic E-state index is 0.0109. The van der Waals surface area contributed by atoms with Crippen LogP contribution in [0.2, 0.25) is 0 Å². The van der Waals surface area contributed by atoms with Crippen molar-refractivity contribution in [2.75, 3.05) is 11.9 Å². The molecular formula is C39H41FN2O7. The molecule has 49 heavy (non-hydrogen) atoms. The maximum Gasteiger partial charge on any atom is 0.343 e. The first-order valence-electron chi connectivity index (χ1n) is 16.3. The number of carbonyl (C=O) groups is 4. The van der Waals surface area contributed by atoms with E-state index in [1.807, 2.05) is 0 Å². The van der Waals surface area contributed by atoms with Gasteiger partial charge in [-0.1, -0.05) is 50.8 Å². The Labute approximate surface area is 285 Å². The van der Waals surface area contributed by atoms with Crippen LogP contribution in [0.25, 0.3) is 0 Å². The van der Waals surface area contributed by atoms with Gasteiger partial charge in [0.15, 0.2) is 0 Å². The second-order valence-corrected chi connectivity index (χ2v) is 11.8. The number of rotatable bonds is 17. The second-order valence-electron chi connectivity index (χ2n) is 11.8. The monoisotopic (exact) mass is 668 g/mol. The molecule has 0 aromatic heterocycles. The van der Waals surface area contributed by atoms with Gasteiger partial charge in [-0.3, -0.25) is 9.59 Å². The molecule has 2 amide bonds. The predicted molar refractivity (Wildman–Crippen MR) is 185 cm³/mol. The fourth-order valence-electron chi connectivity index (χ4n) is 5.03. The molecule has 0 aliphatic rings. The predicted octanol–water partition coefficient (Wildman–Crippen LogP) is 7.31. The van der Waals surface area contributed by atoms with Gasteiger partial charge in [-0.15, -0.1) is 0 Å². The third-order valence-corrected chi connectivity index (χ3v) is 7.88. The van der Waals surface area contributed by atoms with Crippen molar-refractivity contribution >= 4 is 29.4 Å².